The van der Waals surface area contributed by atoms with Crippen molar-refractivity contribution in [3.8, 4) is 0 Å². The summed E-state index contributed by atoms with van der Waals surface area (Å²) in [6.45, 7) is -0.331. The topological polar surface area (TPSA) is 324 Å². The second-order valence-corrected chi connectivity index (χ2v) is 11.1. The van der Waals surface area contributed by atoms with Crippen molar-refractivity contribution in [2.24, 2.45) is 0 Å². The van der Waals surface area contributed by atoms with Crippen LogP contribution in [0.25, 0.3) is 0 Å². The summed E-state index contributed by atoms with van der Waals surface area (Å²) in [6.07, 6.45) is -22.3. The molecule has 2 amide bonds. The Bertz CT molecular complexity index is 1020. The molecule has 0 aromatic heterocycles. The van der Waals surface area contributed by atoms with Crippen LogP contribution >= 0.6 is 0 Å². The van der Waals surface area contributed by atoms with Gasteiger partial charge < -0.3 is 85.4 Å². The van der Waals surface area contributed by atoms with Crippen LogP contribution in [0, 0.1) is 0 Å². The molecule has 0 unspecified atom stereocenters. The fraction of sp³-hybridized carbons (Fsp3) is 0.880. The molecule has 20 nitrogen and oxygen atoms in total. The zero-order valence-corrected chi connectivity index (χ0v) is 24.4. The van der Waals surface area contributed by atoms with Crippen LogP contribution in [0.5, 0.6) is 0 Å². The number of aliphatic hydroxyl groups is 9. The van der Waals surface area contributed by atoms with E-state index < -0.39 is 136 Å². The van der Waals surface area contributed by atoms with E-state index in [9.17, 15) is 65.4 Å². The predicted molar refractivity (Wildman–Crippen MR) is 140 cm³/mol. The maximum atomic E-state index is 12.6. The molecule has 0 spiro atoms. The molecule has 20 heteroatoms. The first-order valence-corrected chi connectivity index (χ1v) is 14.1. The van der Waals surface area contributed by atoms with Gasteiger partial charge in [0.1, 0.15) is 48.8 Å². The third-order valence-electron chi connectivity index (χ3n) is 7.75. The van der Waals surface area contributed by atoms with Gasteiger partial charge in [0.2, 0.25) is 11.8 Å². The van der Waals surface area contributed by atoms with E-state index in [1.54, 1.807) is 0 Å². The molecule has 3 rings (SSSR count). The summed E-state index contributed by atoms with van der Waals surface area (Å²) in [7, 11) is 0. The molecule has 3 heterocycles. The Morgan fingerprint density at radius 1 is 0.933 bits per heavy atom. The summed E-state index contributed by atoms with van der Waals surface area (Å²) in [6, 6.07) is -2.78. The number of amides is 2. The summed E-state index contributed by atoms with van der Waals surface area (Å²) in [5.74, 6) is -6.26. The van der Waals surface area contributed by atoms with Crippen molar-refractivity contribution < 1.29 is 89.1 Å². The van der Waals surface area contributed by atoms with Crippen LogP contribution in [0.1, 0.15) is 26.7 Å². The van der Waals surface area contributed by atoms with Crippen molar-refractivity contribution in [1.29, 1.82) is 0 Å². The molecule has 12 N–H and O–H groups in total. The molecular weight excluding hydrogens is 616 g/mol. The number of nitrogens with one attached hydrogen (secondary N) is 2. The highest BCUT2D eigenvalue weighted by molar-refractivity contribution is 5.76. The molecule has 15 atom stereocenters. The van der Waals surface area contributed by atoms with E-state index in [2.05, 4.69) is 10.6 Å². The number of aliphatic hydroxyl groups excluding tert-OH is 9. The van der Waals surface area contributed by atoms with Gasteiger partial charge in [-0.2, -0.15) is 0 Å². The molecular formula is C25H42N2O18. The molecule has 0 radical (unpaired) electrons. The van der Waals surface area contributed by atoms with Crippen LogP contribution in [0.3, 0.4) is 0 Å². The molecule has 0 aromatic rings. The van der Waals surface area contributed by atoms with Gasteiger partial charge in [-0.3, -0.25) is 9.59 Å². The summed E-state index contributed by atoms with van der Waals surface area (Å²) in [5, 5.41) is 108. The lowest BCUT2D eigenvalue weighted by Crippen LogP contribution is -2.70. The van der Waals surface area contributed by atoms with Crippen molar-refractivity contribution in [2.75, 3.05) is 19.8 Å². The normalized spacial score (nSPS) is 41.9. The molecule has 0 aliphatic carbocycles. The Kier molecular flexibility index (Phi) is 13.0. The molecule has 3 saturated heterocycles. The van der Waals surface area contributed by atoms with Crippen molar-refractivity contribution in [3.05, 3.63) is 0 Å². The number of ether oxygens (including phenoxy) is 5. The maximum Gasteiger partial charge on any atom is 0.364 e. The number of carboxylic acids is 1. The molecule has 260 valence electrons. The quantitative estimate of drug-likeness (QED) is 0.0926. The largest absolute Gasteiger partial charge is 0.477 e. The van der Waals surface area contributed by atoms with Crippen LogP contribution in [-0.4, -0.2) is 180 Å². The van der Waals surface area contributed by atoms with E-state index in [-0.39, 0.29) is 6.42 Å². The van der Waals surface area contributed by atoms with Crippen LogP contribution in [0.4, 0.5) is 0 Å². The number of hydrogen-bond donors (Lipinski definition) is 12. The van der Waals surface area contributed by atoms with E-state index in [1.807, 2.05) is 0 Å². The number of hydrogen-bond acceptors (Lipinski definition) is 17. The van der Waals surface area contributed by atoms with E-state index >= 15 is 0 Å². The molecule has 3 fully saturated rings. The van der Waals surface area contributed by atoms with E-state index in [0.29, 0.717) is 0 Å². The fourth-order valence-corrected chi connectivity index (χ4v) is 5.53. The zero-order valence-electron chi connectivity index (χ0n) is 24.4. The van der Waals surface area contributed by atoms with Gasteiger partial charge in [0.25, 0.3) is 5.79 Å². The van der Waals surface area contributed by atoms with E-state index in [4.69, 9.17) is 23.7 Å². The Balaban J connectivity index is 1.95. The Labute approximate surface area is 256 Å². The molecule has 0 saturated carbocycles. The third kappa shape index (κ3) is 8.42. The Morgan fingerprint density at radius 2 is 1.56 bits per heavy atom. The first-order valence-electron chi connectivity index (χ1n) is 14.1. The van der Waals surface area contributed by atoms with Crippen LogP contribution in [0.15, 0.2) is 0 Å². The second-order valence-electron chi connectivity index (χ2n) is 11.1. The van der Waals surface area contributed by atoms with E-state index in [0.717, 1.165) is 13.8 Å². The minimum absolute atomic E-state index is 0.158. The number of rotatable bonds is 12. The summed E-state index contributed by atoms with van der Waals surface area (Å²) < 4.78 is 27.7. The van der Waals surface area contributed by atoms with Crippen LogP contribution < -0.4 is 10.6 Å². The van der Waals surface area contributed by atoms with Gasteiger partial charge in [-0.25, -0.2) is 4.79 Å². The fourth-order valence-electron chi connectivity index (χ4n) is 5.53. The summed E-state index contributed by atoms with van der Waals surface area (Å²) >= 11 is 0. The number of aliphatic carboxylic acids is 1. The van der Waals surface area contributed by atoms with Gasteiger partial charge in [-0.15, -0.1) is 0 Å². The molecule has 3 aliphatic heterocycles. The lowest BCUT2D eigenvalue weighted by atomic mass is 9.88. The van der Waals surface area contributed by atoms with Crippen molar-refractivity contribution >= 4 is 17.8 Å². The highest BCUT2D eigenvalue weighted by Crippen LogP contribution is 2.38. The van der Waals surface area contributed by atoms with Gasteiger partial charge in [0, 0.05) is 26.7 Å². The van der Waals surface area contributed by atoms with Crippen molar-refractivity contribution in [3.63, 3.8) is 0 Å². The summed E-state index contributed by atoms with van der Waals surface area (Å²) in [5.41, 5.74) is 0. The zero-order chi connectivity index (χ0) is 33.8. The number of carbonyl (C=O) groups is 3. The highest BCUT2D eigenvalue weighted by Gasteiger charge is 2.59. The lowest BCUT2D eigenvalue weighted by molar-refractivity contribution is -0.376. The van der Waals surface area contributed by atoms with Gasteiger partial charge in [0.15, 0.2) is 12.6 Å². The van der Waals surface area contributed by atoms with Gasteiger partial charge >= 0.3 is 5.97 Å². The number of carbonyl (C=O) groups excluding carboxylic acids is 2. The Hall–Kier alpha value is -2.15. The number of carboxylic acid groups (broad SMARTS) is 1. The predicted octanol–water partition coefficient (Wildman–Crippen LogP) is -7.05. The monoisotopic (exact) mass is 658 g/mol. The lowest BCUT2D eigenvalue weighted by Gasteiger charge is -2.50. The first-order chi connectivity index (χ1) is 21.1. The highest BCUT2D eigenvalue weighted by atomic mass is 16.8. The SMILES string of the molecule is CC(=O)N[C@@H]1[C@@H](O[C@@H]2O[C@H](CO)[C@H](O)[C@H](O[C@]3(C(=O)O)C[C@H](O)[C@@H](NC(C)=O)[C@H]([C@H](O)[C@H](O)CO)O3)[C@H]2O)C[C@@H](CO)O[C@@H]1O. The maximum absolute atomic E-state index is 12.6. The average molecular weight is 659 g/mol. The minimum atomic E-state index is -2.99. The second kappa shape index (κ2) is 15.6. The van der Waals surface area contributed by atoms with Gasteiger partial charge in [0.05, 0.1) is 44.2 Å². The molecule has 0 aromatic carbocycles. The molecule has 3 aliphatic rings. The van der Waals surface area contributed by atoms with E-state index in [1.165, 1.54) is 0 Å². The molecule has 0 bridgehead atoms. The van der Waals surface area contributed by atoms with Crippen molar-refractivity contribution in [2.45, 2.75) is 118 Å². The van der Waals surface area contributed by atoms with Crippen molar-refractivity contribution in [1.82, 2.24) is 10.6 Å². The van der Waals surface area contributed by atoms with Crippen LogP contribution in [0.2, 0.25) is 0 Å². The standard InChI is InChI=1S/C25H42N2O18/c1-8(31)26-15-11(33)4-25(24(39)40,44-20(15)17(35)12(34)6-29)45-21-18(36)14(7-30)43-23(19(21)37)42-13-3-10(5-28)41-22(38)16(13)27-9(2)32/h10-23,28-30,33-38H,3-7H2,1-2H3,(H,26,31)(H,27,32)(H,39,40)/t10-,11-,12+,13-,14+,15+,16+,17+,18-,19+,20+,21-,22-,23+,25-/m0/s1. The first kappa shape index (κ1) is 37.3. The van der Waals surface area contributed by atoms with Gasteiger partial charge in [-0.1, -0.05) is 0 Å². The third-order valence-corrected chi connectivity index (χ3v) is 7.75. The van der Waals surface area contributed by atoms with Gasteiger partial charge in [-0.05, 0) is 0 Å². The smallest absolute Gasteiger partial charge is 0.364 e. The van der Waals surface area contributed by atoms with Crippen LogP contribution in [-0.2, 0) is 38.1 Å². The Morgan fingerprint density at radius 3 is 2.09 bits per heavy atom. The minimum Gasteiger partial charge on any atom is -0.477 e. The summed E-state index contributed by atoms with van der Waals surface area (Å²) in [4.78, 5) is 36.2. The average Bonchev–Trinajstić information content (AvgIpc) is 2.98. The molecule has 45 heavy (non-hydrogen) atoms.